The summed E-state index contributed by atoms with van der Waals surface area (Å²) in [5.74, 6) is 1.76. The fraction of sp³-hybridized carbons (Fsp3) is 0.278. The Balaban J connectivity index is 1.32. The van der Waals surface area contributed by atoms with Crippen LogP contribution in [0, 0.1) is 0 Å². The maximum absolute atomic E-state index is 12.5. The molecule has 0 aliphatic carbocycles. The zero-order chi connectivity index (χ0) is 20.2. The summed E-state index contributed by atoms with van der Waals surface area (Å²) in [5, 5.41) is 4.97. The monoisotopic (exact) mass is 433 g/mol. The number of nitrogens with zero attached hydrogens (tertiary/aromatic N) is 7. The van der Waals surface area contributed by atoms with Crippen molar-refractivity contribution in [3.05, 3.63) is 53.3 Å². The van der Waals surface area contributed by atoms with Crippen molar-refractivity contribution < 1.29 is 9.53 Å². The van der Waals surface area contributed by atoms with Crippen molar-refractivity contribution in [3.63, 3.8) is 0 Å². The van der Waals surface area contributed by atoms with Gasteiger partial charge >= 0.3 is 0 Å². The molecule has 1 amide bonds. The first kappa shape index (κ1) is 19.4. The Morgan fingerprint density at radius 3 is 2.55 bits per heavy atom. The minimum atomic E-state index is -0.0957. The summed E-state index contributed by atoms with van der Waals surface area (Å²) >= 11 is 11.9. The van der Waals surface area contributed by atoms with E-state index in [1.54, 1.807) is 34.1 Å². The molecule has 29 heavy (non-hydrogen) atoms. The van der Waals surface area contributed by atoms with E-state index in [4.69, 9.17) is 27.9 Å². The van der Waals surface area contributed by atoms with Crippen LogP contribution in [-0.4, -0.2) is 68.3 Å². The number of rotatable bonds is 5. The Morgan fingerprint density at radius 1 is 1.03 bits per heavy atom. The number of benzene rings is 1. The Labute approximate surface area is 176 Å². The predicted octanol–water partition coefficient (Wildman–Crippen LogP) is 2.09. The van der Waals surface area contributed by atoms with Gasteiger partial charge in [0.2, 0.25) is 0 Å². The molecule has 0 unspecified atom stereocenters. The minimum Gasteiger partial charge on any atom is -0.482 e. The van der Waals surface area contributed by atoms with E-state index in [1.807, 2.05) is 6.07 Å². The average Bonchev–Trinajstić information content (AvgIpc) is 3.28. The SMILES string of the molecule is O=C(COc1ccc(Cl)cc1Cl)N1CCN(c2cc(-n3cncn3)ncn2)CC1. The van der Waals surface area contributed by atoms with Crippen molar-refractivity contribution in [1.82, 2.24) is 29.6 Å². The summed E-state index contributed by atoms with van der Waals surface area (Å²) in [6.45, 7) is 2.37. The molecule has 2 aromatic heterocycles. The molecule has 150 valence electrons. The van der Waals surface area contributed by atoms with Crippen LogP contribution >= 0.6 is 23.2 Å². The van der Waals surface area contributed by atoms with Crippen molar-refractivity contribution in [2.45, 2.75) is 0 Å². The number of carbonyl (C=O) groups excluding carboxylic acids is 1. The highest BCUT2D eigenvalue weighted by molar-refractivity contribution is 6.35. The average molecular weight is 434 g/mol. The van der Waals surface area contributed by atoms with Crippen LogP contribution in [0.15, 0.2) is 43.2 Å². The highest BCUT2D eigenvalue weighted by Crippen LogP contribution is 2.27. The number of piperazine rings is 1. The summed E-state index contributed by atoms with van der Waals surface area (Å²) in [6.07, 6.45) is 4.52. The minimum absolute atomic E-state index is 0.0781. The Morgan fingerprint density at radius 2 is 1.83 bits per heavy atom. The smallest absolute Gasteiger partial charge is 0.260 e. The van der Waals surface area contributed by atoms with E-state index in [9.17, 15) is 4.79 Å². The van der Waals surface area contributed by atoms with Gasteiger partial charge in [0.25, 0.3) is 5.91 Å². The largest absolute Gasteiger partial charge is 0.482 e. The van der Waals surface area contributed by atoms with Gasteiger partial charge in [-0.1, -0.05) is 23.2 Å². The highest BCUT2D eigenvalue weighted by atomic mass is 35.5. The third-order valence-corrected chi connectivity index (χ3v) is 5.02. The lowest BCUT2D eigenvalue weighted by Crippen LogP contribution is -2.50. The van der Waals surface area contributed by atoms with Crippen LogP contribution in [0.5, 0.6) is 5.75 Å². The predicted molar refractivity (Wildman–Crippen MR) is 108 cm³/mol. The van der Waals surface area contributed by atoms with Gasteiger partial charge < -0.3 is 14.5 Å². The molecule has 0 N–H and O–H groups in total. The third kappa shape index (κ3) is 4.57. The third-order valence-electron chi connectivity index (χ3n) is 4.49. The van der Waals surface area contributed by atoms with Crippen LogP contribution < -0.4 is 9.64 Å². The molecule has 1 aliphatic heterocycles. The number of hydrogen-bond donors (Lipinski definition) is 0. The number of halogens is 2. The molecule has 1 fully saturated rings. The molecule has 4 rings (SSSR count). The summed E-state index contributed by atoms with van der Waals surface area (Å²) in [4.78, 5) is 28.8. The Bertz CT molecular complexity index is 992. The molecule has 0 atom stereocenters. The van der Waals surface area contributed by atoms with Gasteiger partial charge in [0, 0.05) is 37.3 Å². The van der Waals surface area contributed by atoms with Crippen molar-refractivity contribution >= 4 is 34.9 Å². The van der Waals surface area contributed by atoms with Crippen molar-refractivity contribution in [1.29, 1.82) is 0 Å². The first-order valence-electron chi connectivity index (χ1n) is 8.88. The fourth-order valence-electron chi connectivity index (χ4n) is 2.97. The molecular weight excluding hydrogens is 417 g/mol. The standard InChI is InChI=1S/C18H17Cl2N7O2/c19-13-1-2-15(14(20)7-13)29-9-18(28)26-5-3-25(4-6-26)16-8-17(23-11-22-16)27-12-21-10-24-27/h1-2,7-8,10-12H,3-6,9H2. The first-order chi connectivity index (χ1) is 14.1. The Hall–Kier alpha value is -2.91. The molecule has 9 nitrogen and oxygen atoms in total. The number of ether oxygens (including phenoxy) is 1. The van der Waals surface area contributed by atoms with Crippen molar-refractivity contribution in [3.8, 4) is 11.6 Å². The molecule has 11 heteroatoms. The summed E-state index contributed by atoms with van der Waals surface area (Å²) in [6, 6.07) is 6.74. The second kappa shape index (κ2) is 8.62. The molecule has 1 saturated heterocycles. The van der Waals surface area contributed by atoms with Crippen molar-refractivity contribution in [2.75, 3.05) is 37.7 Å². The van der Waals surface area contributed by atoms with Gasteiger partial charge in [-0.05, 0) is 18.2 Å². The molecule has 1 aromatic carbocycles. The van der Waals surface area contributed by atoms with Gasteiger partial charge in [-0.2, -0.15) is 5.10 Å². The number of anilines is 1. The number of amides is 1. The van der Waals surface area contributed by atoms with Crippen LogP contribution in [0.1, 0.15) is 0 Å². The molecule has 0 spiro atoms. The van der Waals surface area contributed by atoms with E-state index < -0.39 is 0 Å². The van der Waals surface area contributed by atoms with Crippen molar-refractivity contribution in [2.24, 2.45) is 0 Å². The first-order valence-corrected chi connectivity index (χ1v) is 9.63. The van der Waals surface area contributed by atoms with Crippen LogP contribution in [0.25, 0.3) is 5.82 Å². The van der Waals surface area contributed by atoms with Crippen LogP contribution in [0.4, 0.5) is 5.82 Å². The van der Waals surface area contributed by atoms with Crippen LogP contribution in [0.2, 0.25) is 10.0 Å². The molecule has 0 radical (unpaired) electrons. The molecular formula is C18H17Cl2N7O2. The van der Waals surface area contributed by atoms with E-state index in [-0.39, 0.29) is 12.5 Å². The van der Waals surface area contributed by atoms with Gasteiger partial charge in [-0.3, -0.25) is 4.79 Å². The quantitative estimate of drug-likeness (QED) is 0.608. The lowest BCUT2D eigenvalue weighted by Gasteiger charge is -2.35. The molecule has 0 bridgehead atoms. The normalized spacial score (nSPS) is 14.1. The molecule has 3 heterocycles. The zero-order valence-electron chi connectivity index (χ0n) is 15.3. The number of carbonyl (C=O) groups is 1. The lowest BCUT2D eigenvalue weighted by molar-refractivity contribution is -0.133. The van der Waals surface area contributed by atoms with Gasteiger partial charge in [-0.15, -0.1) is 0 Å². The van der Waals surface area contributed by atoms with E-state index in [0.717, 1.165) is 5.82 Å². The second-order valence-electron chi connectivity index (χ2n) is 6.31. The maximum atomic E-state index is 12.5. The molecule has 0 saturated carbocycles. The number of hydrogen-bond acceptors (Lipinski definition) is 7. The number of aromatic nitrogens is 5. The van der Waals surface area contributed by atoms with Gasteiger partial charge in [0.05, 0.1) is 5.02 Å². The highest BCUT2D eigenvalue weighted by Gasteiger charge is 2.23. The Kier molecular flexibility index (Phi) is 5.77. The topological polar surface area (TPSA) is 89.3 Å². The van der Waals surface area contributed by atoms with E-state index in [2.05, 4.69) is 25.0 Å². The van der Waals surface area contributed by atoms with Crippen LogP contribution in [-0.2, 0) is 4.79 Å². The maximum Gasteiger partial charge on any atom is 0.260 e. The fourth-order valence-corrected chi connectivity index (χ4v) is 3.43. The van der Waals surface area contributed by atoms with E-state index >= 15 is 0 Å². The van der Waals surface area contributed by atoms with Gasteiger partial charge in [-0.25, -0.2) is 19.6 Å². The van der Waals surface area contributed by atoms with E-state index in [1.165, 1.54) is 12.7 Å². The zero-order valence-corrected chi connectivity index (χ0v) is 16.8. The second-order valence-corrected chi connectivity index (χ2v) is 7.15. The van der Waals surface area contributed by atoms with Gasteiger partial charge in [0.1, 0.15) is 30.5 Å². The summed E-state index contributed by atoms with van der Waals surface area (Å²) in [5.41, 5.74) is 0. The molecule has 3 aromatic rings. The lowest BCUT2D eigenvalue weighted by atomic mass is 10.3. The van der Waals surface area contributed by atoms with E-state index in [0.29, 0.717) is 47.8 Å². The van der Waals surface area contributed by atoms with Gasteiger partial charge in [0.15, 0.2) is 12.4 Å². The van der Waals surface area contributed by atoms with Crippen LogP contribution in [0.3, 0.4) is 0 Å². The summed E-state index contributed by atoms with van der Waals surface area (Å²) in [7, 11) is 0. The summed E-state index contributed by atoms with van der Waals surface area (Å²) < 4.78 is 7.12. The molecule has 1 aliphatic rings.